The van der Waals surface area contributed by atoms with Crippen LogP contribution in [0.15, 0.2) is 0 Å². The molecule has 0 heterocycles. The highest BCUT2D eigenvalue weighted by atomic mass is 35.5. The molecule has 54 valence electrons. The first-order valence-corrected chi connectivity index (χ1v) is 4.14. The summed E-state index contributed by atoms with van der Waals surface area (Å²) in [6.45, 7) is 0.588. The Morgan fingerprint density at radius 3 is 2.33 bits per heavy atom. The third-order valence-electron chi connectivity index (χ3n) is 0.772. The van der Waals surface area contributed by atoms with Gasteiger partial charge in [-0.2, -0.15) is 0 Å². The summed E-state index contributed by atoms with van der Waals surface area (Å²) in [5.41, 5.74) is 0. The van der Waals surface area contributed by atoms with Gasteiger partial charge in [-0.25, -0.2) is 0 Å². The third kappa shape index (κ3) is 8.89. The lowest BCUT2D eigenvalue weighted by Crippen LogP contribution is -2.03. The maximum atomic E-state index is 5.40. The summed E-state index contributed by atoms with van der Waals surface area (Å²) >= 11 is 15.9. The van der Waals surface area contributed by atoms with Crippen LogP contribution in [0.5, 0.6) is 0 Å². The molecule has 0 bridgehead atoms. The molecule has 0 rings (SSSR count). The third-order valence-corrected chi connectivity index (χ3v) is 1.29. The van der Waals surface area contributed by atoms with Crippen LogP contribution in [-0.4, -0.2) is 18.2 Å². The zero-order chi connectivity index (χ0) is 7.11. The van der Waals surface area contributed by atoms with Gasteiger partial charge in [0.25, 0.3) is 0 Å². The molecule has 0 aromatic carbocycles. The van der Waals surface area contributed by atoms with Crippen molar-refractivity contribution in [1.82, 2.24) is 0 Å². The van der Waals surface area contributed by atoms with E-state index in [4.69, 9.17) is 39.2 Å². The summed E-state index contributed by atoms with van der Waals surface area (Å²) in [4.78, 5) is 0. The number of hydrogen-bond acceptors (Lipinski definition) is 1. The van der Waals surface area contributed by atoms with Crippen molar-refractivity contribution in [2.75, 3.05) is 12.5 Å². The summed E-state index contributed by atoms with van der Waals surface area (Å²) in [7, 11) is 0. The molecule has 0 aromatic heterocycles. The molecule has 0 amide bonds. The zero-order valence-electron chi connectivity index (χ0n) is 4.95. The van der Waals surface area contributed by atoms with Crippen molar-refractivity contribution >= 4 is 40.3 Å². The van der Waals surface area contributed by atoms with Crippen molar-refractivity contribution < 1.29 is 4.65 Å². The molecule has 1 nitrogen and oxygen atoms in total. The SMILES string of the molecule is ClCCCCOB(Cl)Cl. The van der Waals surface area contributed by atoms with Crippen LogP contribution in [0, 0.1) is 0 Å². The lowest BCUT2D eigenvalue weighted by molar-refractivity contribution is 0.331. The number of rotatable bonds is 5. The Bertz CT molecular complexity index is 61.8. The lowest BCUT2D eigenvalue weighted by Gasteiger charge is -1.98. The number of unbranched alkanes of at least 4 members (excludes halogenated alkanes) is 1. The summed E-state index contributed by atoms with van der Waals surface area (Å²) in [5, 5.41) is 0. The van der Waals surface area contributed by atoms with Crippen molar-refractivity contribution in [3.05, 3.63) is 0 Å². The van der Waals surface area contributed by atoms with Gasteiger partial charge in [-0.15, -0.1) is 34.5 Å². The zero-order valence-corrected chi connectivity index (χ0v) is 7.22. The second kappa shape index (κ2) is 7.01. The van der Waals surface area contributed by atoms with E-state index in [0.29, 0.717) is 12.5 Å². The van der Waals surface area contributed by atoms with E-state index in [1.165, 1.54) is 0 Å². The van der Waals surface area contributed by atoms with E-state index in [0.717, 1.165) is 12.8 Å². The van der Waals surface area contributed by atoms with Gasteiger partial charge >= 0.3 is 5.75 Å². The fourth-order valence-corrected chi connectivity index (χ4v) is 0.736. The molecule has 0 spiro atoms. The maximum Gasteiger partial charge on any atom is 0.508 e. The summed E-state index contributed by atoms with van der Waals surface area (Å²) in [5.74, 6) is -0.0289. The van der Waals surface area contributed by atoms with Crippen molar-refractivity contribution in [1.29, 1.82) is 0 Å². The smallest absolute Gasteiger partial charge is 0.409 e. The molecule has 0 saturated carbocycles. The molecule has 0 aliphatic heterocycles. The molecule has 0 radical (unpaired) electrons. The van der Waals surface area contributed by atoms with E-state index in [2.05, 4.69) is 0 Å². The van der Waals surface area contributed by atoms with E-state index in [9.17, 15) is 0 Å². The molecular weight excluding hydrogens is 181 g/mol. The van der Waals surface area contributed by atoms with Crippen LogP contribution >= 0.6 is 34.5 Å². The van der Waals surface area contributed by atoms with Gasteiger partial charge in [0.05, 0.1) is 0 Å². The Balaban J connectivity index is 2.75. The van der Waals surface area contributed by atoms with E-state index >= 15 is 0 Å². The quantitative estimate of drug-likeness (QED) is 0.367. The topological polar surface area (TPSA) is 9.23 Å². The standard InChI is InChI=1S/C4H8BCl3O/c6-3-1-2-4-9-5(7)8/h1-4H2. The first-order chi connectivity index (χ1) is 4.27. The predicted molar refractivity (Wildman–Crippen MR) is 43.4 cm³/mol. The molecular formula is C4H8BCl3O. The Morgan fingerprint density at radius 1 is 1.22 bits per heavy atom. The summed E-state index contributed by atoms with van der Waals surface area (Å²) in [6, 6.07) is 0. The lowest BCUT2D eigenvalue weighted by atomic mass is 10.3. The van der Waals surface area contributed by atoms with Gasteiger partial charge < -0.3 is 4.65 Å². The van der Waals surface area contributed by atoms with Gasteiger partial charge in [0.1, 0.15) is 0 Å². The highest BCUT2D eigenvalue weighted by Gasteiger charge is 2.04. The molecule has 0 fully saturated rings. The van der Waals surface area contributed by atoms with Crippen molar-refractivity contribution in [3.8, 4) is 0 Å². The van der Waals surface area contributed by atoms with Crippen LogP contribution < -0.4 is 0 Å². The van der Waals surface area contributed by atoms with Crippen LogP contribution in [-0.2, 0) is 4.65 Å². The minimum Gasteiger partial charge on any atom is -0.409 e. The number of halogens is 3. The van der Waals surface area contributed by atoms with Crippen LogP contribution in [0.3, 0.4) is 0 Å². The van der Waals surface area contributed by atoms with E-state index in [1.807, 2.05) is 0 Å². The summed E-state index contributed by atoms with van der Waals surface area (Å²) in [6.07, 6.45) is 1.86. The second-order valence-corrected chi connectivity index (χ2v) is 2.92. The van der Waals surface area contributed by atoms with Crippen molar-refractivity contribution in [2.24, 2.45) is 0 Å². The average Bonchev–Trinajstić information content (AvgIpc) is 1.80. The number of hydrogen-bond donors (Lipinski definition) is 0. The van der Waals surface area contributed by atoms with Crippen LogP contribution in [0.25, 0.3) is 0 Å². The van der Waals surface area contributed by atoms with Crippen LogP contribution in [0.1, 0.15) is 12.8 Å². The Hall–Kier alpha value is 0.895. The van der Waals surface area contributed by atoms with Gasteiger partial charge in [0.2, 0.25) is 0 Å². The number of alkyl halides is 1. The Morgan fingerprint density at radius 2 is 1.89 bits per heavy atom. The first-order valence-electron chi connectivity index (χ1n) is 2.73. The van der Waals surface area contributed by atoms with Gasteiger partial charge in [-0.3, -0.25) is 0 Å². The molecule has 0 aliphatic carbocycles. The molecule has 0 unspecified atom stereocenters. The van der Waals surface area contributed by atoms with Crippen LogP contribution in [0.4, 0.5) is 0 Å². The minimum absolute atomic E-state index is 0.588. The van der Waals surface area contributed by atoms with Gasteiger partial charge in [0.15, 0.2) is 0 Å². The Kier molecular flexibility index (Phi) is 7.70. The highest BCUT2D eigenvalue weighted by Crippen LogP contribution is 2.00. The molecule has 0 N–H and O–H groups in total. The van der Waals surface area contributed by atoms with Gasteiger partial charge in [0, 0.05) is 12.5 Å². The van der Waals surface area contributed by atoms with E-state index in [-0.39, 0.29) is 0 Å². The Labute approximate surface area is 70.5 Å². The fourth-order valence-electron chi connectivity index (χ4n) is 0.369. The van der Waals surface area contributed by atoms with Crippen LogP contribution in [0.2, 0.25) is 0 Å². The van der Waals surface area contributed by atoms with Crippen molar-refractivity contribution in [3.63, 3.8) is 0 Å². The molecule has 0 saturated heterocycles. The molecule has 0 atom stereocenters. The predicted octanol–water partition coefficient (Wildman–Crippen LogP) is 2.48. The molecule has 9 heavy (non-hydrogen) atoms. The highest BCUT2D eigenvalue weighted by molar-refractivity contribution is 7.30. The normalized spacial score (nSPS) is 9.67. The van der Waals surface area contributed by atoms with Gasteiger partial charge in [-0.1, -0.05) is 0 Å². The fraction of sp³-hybridized carbons (Fsp3) is 1.00. The minimum atomic E-state index is -0.694. The largest absolute Gasteiger partial charge is 0.508 e. The molecule has 0 aromatic rings. The first kappa shape index (κ1) is 9.89. The maximum absolute atomic E-state index is 5.40. The van der Waals surface area contributed by atoms with E-state index < -0.39 is 5.75 Å². The van der Waals surface area contributed by atoms with Gasteiger partial charge in [-0.05, 0) is 12.8 Å². The summed E-state index contributed by atoms with van der Waals surface area (Å²) < 4.78 is 4.82. The average molecular weight is 189 g/mol. The monoisotopic (exact) mass is 188 g/mol. The van der Waals surface area contributed by atoms with Crippen molar-refractivity contribution in [2.45, 2.75) is 12.8 Å². The molecule has 0 aliphatic rings. The molecule has 5 heteroatoms. The van der Waals surface area contributed by atoms with E-state index in [1.54, 1.807) is 0 Å². The second-order valence-electron chi connectivity index (χ2n) is 1.53.